The third-order valence-electron chi connectivity index (χ3n) is 2.63. The Kier molecular flexibility index (Phi) is 4.81. The number of carboxylic acid groups (broad SMARTS) is 1. The molecule has 0 aliphatic carbocycles. The van der Waals surface area contributed by atoms with Gasteiger partial charge in [0.1, 0.15) is 4.88 Å². The van der Waals surface area contributed by atoms with Crippen molar-refractivity contribution in [2.45, 2.75) is 10.8 Å². The molecule has 0 atom stereocenters. The topological polar surface area (TPSA) is 66.4 Å². The first-order chi connectivity index (χ1) is 9.61. The van der Waals surface area contributed by atoms with E-state index in [1.54, 1.807) is 0 Å². The molecule has 6 heteroatoms. The van der Waals surface area contributed by atoms with Gasteiger partial charge in [-0.1, -0.05) is 30.3 Å². The van der Waals surface area contributed by atoms with Crippen LogP contribution >= 0.6 is 23.1 Å². The molecule has 0 saturated heterocycles. The summed E-state index contributed by atoms with van der Waals surface area (Å²) in [5.41, 5.74) is 1.43. The van der Waals surface area contributed by atoms with Gasteiger partial charge in [-0.15, -0.1) is 23.1 Å². The molecule has 1 aromatic heterocycles. The fraction of sp³-hybridized carbons (Fsp3) is 0.143. The number of carbonyl (C=O) groups excluding carboxylic acids is 1. The molecule has 20 heavy (non-hydrogen) atoms. The van der Waals surface area contributed by atoms with Crippen LogP contribution in [0.1, 0.15) is 25.6 Å². The van der Waals surface area contributed by atoms with E-state index in [1.165, 1.54) is 17.8 Å². The number of amides is 1. The summed E-state index contributed by atoms with van der Waals surface area (Å²) in [5, 5.41) is 11.8. The van der Waals surface area contributed by atoms with Crippen molar-refractivity contribution in [3.8, 4) is 0 Å². The van der Waals surface area contributed by atoms with Crippen molar-refractivity contribution in [2.24, 2.45) is 0 Å². The highest BCUT2D eigenvalue weighted by molar-refractivity contribution is 8.00. The summed E-state index contributed by atoms with van der Waals surface area (Å²) in [7, 11) is 0. The molecule has 4 nitrogen and oxygen atoms in total. The lowest BCUT2D eigenvalue weighted by Gasteiger charge is -2.05. The maximum absolute atomic E-state index is 12.1. The van der Waals surface area contributed by atoms with Gasteiger partial charge < -0.3 is 10.4 Å². The number of thiophene rings is 1. The van der Waals surface area contributed by atoms with Crippen LogP contribution in [0, 0.1) is 0 Å². The van der Waals surface area contributed by atoms with Crippen molar-refractivity contribution < 1.29 is 14.7 Å². The van der Waals surface area contributed by atoms with Crippen LogP contribution in [0.3, 0.4) is 0 Å². The average Bonchev–Trinajstić information content (AvgIpc) is 2.90. The summed E-state index contributed by atoms with van der Waals surface area (Å²) >= 11 is 2.50. The van der Waals surface area contributed by atoms with Crippen molar-refractivity contribution >= 4 is 35.0 Å². The molecule has 104 valence electrons. The zero-order valence-corrected chi connectivity index (χ0v) is 12.4. The lowest BCUT2D eigenvalue weighted by molar-refractivity contribution is 0.0702. The van der Waals surface area contributed by atoms with Crippen LogP contribution in [-0.4, -0.2) is 23.2 Å². The molecule has 0 radical (unpaired) electrons. The fourth-order valence-electron chi connectivity index (χ4n) is 1.66. The van der Waals surface area contributed by atoms with Crippen molar-refractivity contribution in [3.63, 3.8) is 0 Å². The van der Waals surface area contributed by atoms with Crippen molar-refractivity contribution in [3.05, 3.63) is 52.4 Å². The van der Waals surface area contributed by atoms with Crippen LogP contribution < -0.4 is 5.32 Å². The Hall–Kier alpha value is -1.79. The van der Waals surface area contributed by atoms with Gasteiger partial charge in [-0.05, 0) is 17.9 Å². The molecular formula is C14H13NO3S2. The van der Waals surface area contributed by atoms with Gasteiger partial charge in [0.25, 0.3) is 5.91 Å². The lowest BCUT2D eigenvalue weighted by atomic mass is 10.2. The maximum atomic E-state index is 12.1. The molecule has 0 unspecified atom stereocenters. The molecule has 0 aliphatic rings. The SMILES string of the molecule is CSc1sc(C(=O)O)cc1C(=O)NCc1ccccc1. The van der Waals surface area contributed by atoms with E-state index in [0.717, 1.165) is 16.9 Å². The first-order valence-corrected chi connectivity index (χ1v) is 7.89. The number of carbonyl (C=O) groups is 2. The molecule has 1 aromatic carbocycles. The van der Waals surface area contributed by atoms with E-state index >= 15 is 0 Å². The summed E-state index contributed by atoms with van der Waals surface area (Å²) in [5.74, 6) is -1.26. The van der Waals surface area contributed by atoms with Crippen molar-refractivity contribution in [2.75, 3.05) is 6.26 Å². The van der Waals surface area contributed by atoms with Gasteiger partial charge in [0.2, 0.25) is 0 Å². The van der Waals surface area contributed by atoms with Gasteiger partial charge in [0.15, 0.2) is 0 Å². The monoisotopic (exact) mass is 307 g/mol. The fourth-order valence-corrected chi connectivity index (χ4v) is 3.36. The first kappa shape index (κ1) is 14.6. The van der Waals surface area contributed by atoms with Gasteiger partial charge in [-0.2, -0.15) is 0 Å². The molecule has 1 heterocycles. The largest absolute Gasteiger partial charge is 0.477 e. The van der Waals surface area contributed by atoms with E-state index in [1.807, 2.05) is 36.6 Å². The maximum Gasteiger partial charge on any atom is 0.345 e. The molecule has 0 spiro atoms. The molecule has 0 fully saturated rings. The number of nitrogens with one attached hydrogen (secondary N) is 1. The minimum atomic E-state index is -1.01. The zero-order valence-electron chi connectivity index (χ0n) is 10.8. The third kappa shape index (κ3) is 3.40. The molecular weight excluding hydrogens is 294 g/mol. The van der Waals surface area contributed by atoms with E-state index < -0.39 is 5.97 Å². The van der Waals surface area contributed by atoms with Gasteiger partial charge in [0.05, 0.1) is 9.77 Å². The van der Waals surface area contributed by atoms with E-state index in [2.05, 4.69) is 5.32 Å². The second kappa shape index (κ2) is 6.58. The number of hydrogen-bond donors (Lipinski definition) is 2. The van der Waals surface area contributed by atoms with E-state index in [4.69, 9.17) is 5.11 Å². The molecule has 1 amide bonds. The summed E-state index contributed by atoms with van der Waals surface area (Å²) in [4.78, 5) is 23.3. The summed E-state index contributed by atoms with van der Waals surface area (Å²) in [6, 6.07) is 11.0. The molecule has 2 N–H and O–H groups in total. The summed E-state index contributed by atoms with van der Waals surface area (Å²) in [6.45, 7) is 0.422. The van der Waals surface area contributed by atoms with Gasteiger partial charge in [-0.25, -0.2) is 4.79 Å². The Labute approximate surface area is 124 Å². The standard InChI is InChI=1S/C14H13NO3S2/c1-19-14-10(7-11(20-14)13(17)18)12(16)15-8-9-5-3-2-4-6-9/h2-7H,8H2,1H3,(H,15,16)(H,17,18). The number of carboxylic acids is 1. The minimum absolute atomic E-state index is 0.180. The number of aromatic carboxylic acids is 1. The van der Waals surface area contributed by atoms with Crippen molar-refractivity contribution in [1.82, 2.24) is 5.32 Å². The number of benzene rings is 1. The highest BCUT2D eigenvalue weighted by Crippen LogP contribution is 2.30. The van der Waals surface area contributed by atoms with Crippen LogP contribution in [-0.2, 0) is 6.54 Å². The second-order valence-electron chi connectivity index (χ2n) is 3.99. The number of rotatable bonds is 5. The van der Waals surface area contributed by atoms with Gasteiger partial charge in [-0.3, -0.25) is 4.79 Å². The van der Waals surface area contributed by atoms with E-state index in [0.29, 0.717) is 16.3 Å². The van der Waals surface area contributed by atoms with Gasteiger partial charge >= 0.3 is 5.97 Å². The van der Waals surface area contributed by atoms with Crippen LogP contribution in [0.15, 0.2) is 40.6 Å². The normalized spacial score (nSPS) is 10.2. The first-order valence-electron chi connectivity index (χ1n) is 5.85. The van der Waals surface area contributed by atoms with Crippen LogP contribution in [0.25, 0.3) is 0 Å². The Morgan fingerprint density at radius 2 is 2.00 bits per heavy atom. The number of thioether (sulfide) groups is 1. The van der Waals surface area contributed by atoms with Crippen molar-refractivity contribution in [1.29, 1.82) is 0 Å². The van der Waals surface area contributed by atoms with Crippen LogP contribution in [0.2, 0.25) is 0 Å². The number of hydrogen-bond acceptors (Lipinski definition) is 4. The smallest absolute Gasteiger partial charge is 0.345 e. The summed E-state index contributed by atoms with van der Waals surface area (Å²) in [6.07, 6.45) is 1.82. The van der Waals surface area contributed by atoms with E-state index in [9.17, 15) is 9.59 Å². The predicted octanol–water partition coefficient (Wildman–Crippen LogP) is 3.10. The van der Waals surface area contributed by atoms with Crippen LogP contribution in [0.4, 0.5) is 0 Å². The molecule has 2 aromatic rings. The molecule has 0 bridgehead atoms. The molecule has 0 aliphatic heterocycles. The highest BCUT2D eigenvalue weighted by Gasteiger charge is 2.18. The highest BCUT2D eigenvalue weighted by atomic mass is 32.2. The van der Waals surface area contributed by atoms with Gasteiger partial charge in [0, 0.05) is 6.54 Å². The second-order valence-corrected chi connectivity index (χ2v) is 6.12. The third-order valence-corrected chi connectivity index (χ3v) is 4.89. The Balaban J connectivity index is 2.11. The van der Waals surface area contributed by atoms with Crippen LogP contribution in [0.5, 0.6) is 0 Å². The molecule has 2 rings (SSSR count). The Morgan fingerprint density at radius 3 is 2.60 bits per heavy atom. The zero-order chi connectivity index (χ0) is 14.5. The Morgan fingerprint density at radius 1 is 1.30 bits per heavy atom. The quantitative estimate of drug-likeness (QED) is 0.833. The lowest BCUT2D eigenvalue weighted by Crippen LogP contribution is -2.22. The molecule has 0 saturated carbocycles. The summed E-state index contributed by atoms with van der Waals surface area (Å²) < 4.78 is 0.716. The predicted molar refractivity (Wildman–Crippen MR) is 80.7 cm³/mol. The van der Waals surface area contributed by atoms with E-state index in [-0.39, 0.29) is 10.8 Å². The minimum Gasteiger partial charge on any atom is -0.477 e. The average molecular weight is 307 g/mol. The Bertz CT molecular complexity index is 623.